The number of halogens is 4. The molecule has 0 aliphatic carbocycles. The summed E-state index contributed by atoms with van der Waals surface area (Å²) in [6.07, 6.45) is -4.40. The van der Waals surface area contributed by atoms with Gasteiger partial charge in [0.15, 0.2) is 0 Å². The molecule has 0 unspecified atom stereocenters. The van der Waals surface area contributed by atoms with Crippen LogP contribution >= 0.6 is 0 Å². The number of benzene rings is 3. The summed E-state index contributed by atoms with van der Waals surface area (Å²) in [5.41, 5.74) is -0.240. The highest BCUT2D eigenvalue weighted by atomic mass is 19.4. The third-order valence-corrected chi connectivity index (χ3v) is 5.96. The van der Waals surface area contributed by atoms with Crippen molar-refractivity contribution in [2.75, 3.05) is 26.3 Å². The molecule has 0 saturated carbocycles. The van der Waals surface area contributed by atoms with Crippen molar-refractivity contribution in [3.05, 3.63) is 71.8 Å². The van der Waals surface area contributed by atoms with Gasteiger partial charge in [-0.25, -0.2) is 4.39 Å². The molecule has 8 heteroatoms. The second-order valence-electron chi connectivity index (χ2n) is 8.29. The first-order valence-corrected chi connectivity index (χ1v) is 10.7. The lowest BCUT2D eigenvalue weighted by molar-refractivity contribution is -0.137. The molecule has 4 rings (SSSR count). The number of alkyl halides is 4. The fraction of sp³-hybridized carbons (Fsp3) is 0.320. The molecule has 3 aromatic rings. The number of fused-ring (bicyclic) bond motifs is 1. The van der Waals surface area contributed by atoms with E-state index < -0.39 is 11.7 Å². The Morgan fingerprint density at radius 2 is 1.85 bits per heavy atom. The first-order chi connectivity index (χ1) is 15.7. The molecule has 1 atom stereocenters. The van der Waals surface area contributed by atoms with Crippen molar-refractivity contribution < 1.29 is 27.1 Å². The number of carbonyl (C=O) groups excluding carboxylic acids is 1. The fourth-order valence-corrected chi connectivity index (χ4v) is 3.96. The molecule has 0 bridgehead atoms. The van der Waals surface area contributed by atoms with Gasteiger partial charge in [-0.3, -0.25) is 9.69 Å². The minimum Gasteiger partial charge on any atom is -0.457 e. The molecule has 1 heterocycles. The van der Waals surface area contributed by atoms with Crippen LogP contribution < -0.4 is 10.1 Å². The molecule has 174 valence electrons. The SMILES string of the molecule is C[C@@H](NC(=O)c1ccc2c(Oc3ccc(C(F)(F)F)cc3)cccc2c1)C1CN(CCF)C1. The molecule has 1 N–H and O–H groups in total. The van der Waals surface area contributed by atoms with E-state index >= 15 is 0 Å². The Hall–Kier alpha value is -3.13. The molecule has 3 aromatic carbocycles. The van der Waals surface area contributed by atoms with Crippen LogP contribution in [-0.2, 0) is 6.18 Å². The van der Waals surface area contributed by atoms with Gasteiger partial charge in [0.25, 0.3) is 5.91 Å². The number of nitrogens with zero attached hydrogens (tertiary/aromatic N) is 1. The van der Waals surface area contributed by atoms with Crippen molar-refractivity contribution in [3.63, 3.8) is 0 Å². The zero-order valence-electron chi connectivity index (χ0n) is 18.0. The smallest absolute Gasteiger partial charge is 0.416 e. The molecular formula is C25H24F4N2O2. The molecule has 1 saturated heterocycles. The van der Waals surface area contributed by atoms with Gasteiger partial charge in [0.05, 0.1) is 5.56 Å². The Labute approximate surface area is 189 Å². The van der Waals surface area contributed by atoms with E-state index in [-0.39, 0.29) is 24.4 Å². The van der Waals surface area contributed by atoms with Crippen molar-refractivity contribution in [1.82, 2.24) is 10.2 Å². The summed E-state index contributed by atoms with van der Waals surface area (Å²) < 4.78 is 56.5. The quantitative estimate of drug-likeness (QED) is 0.462. The minimum absolute atomic E-state index is 0.0293. The van der Waals surface area contributed by atoms with Crippen LogP contribution in [0.5, 0.6) is 11.5 Å². The van der Waals surface area contributed by atoms with Crippen molar-refractivity contribution in [2.24, 2.45) is 5.92 Å². The largest absolute Gasteiger partial charge is 0.457 e. The molecule has 0 aromatic heterocycles. The van der Waals surface area contributed by atoms with Crippen molar-refractivity contribution in [1.29, 1.82) is 0 Å². The lowest BCUT2D eigenvalue weighted by atomic mass is 9.92. The average Bonchev–Trinajstić information content (AvgIpc) is 2.75. The van der Waals surface area contributed by atoms with Crippen LogP contribution in [0.1, 0.15) is 22.8 Å². The first kappa shape index (κ1) is 23.0. The highest BCUT2D eigenvalue weighted by molar-refractivity contribution is 6.00. The van der Waals surface area contributed by atoms with E-state index in [1.807, 2.05) is 17.9 Å². The summed E-state index contributed by atoms with van der Waals surface area (Å²) >= 11 is 0. The second kappa shape index (κ2) is 9.39. The zero-order chi connectivity index (χ0) is 23.6. The molecular weight excluding hydrogens is 436 g/mol. The van der Waals surface area contributed by atoms with Gasteiger partial charge in [-0.05, 0) is 60.8 Å². The highest BCUT2D eigenvalue weighted by Gasteiger charge is 2.32. The number of carbonyl (C=O) groups is 1. The zero-order valence-corrected chi connectivity index (χ0v) is 18.0. The molecule has 0 radical (unpaired) electrons. The van der Waals surface area contributed by atoms with Crippen LogP contribution in [0.2, 0.25) is 0 Å². The van der Waals surface area contributed by atoms with Gasteiger partial charge in [0, 0.05) is 42.5 Å². The van der Waals surface area contributed by atoms with E-state index in [4.69, 9.17) is 4.74 Å². The lowest BCUT2D eigenvalue weighted by Crippen LogP contribution is -2.56. The summed E-state index contributed by atoms with van der Waals surface area (Å²) in [6, 6.07) is 15.0. The van der Waals surface area contributed by atoms with E-state index in [9.17, 15) is 22.4 Å². The Balaban J connectivity index is 1.45. The van der Waals surface area contributed by atoms with E-state index in [0.29, 0.717) is 23.8 Å². The van der Waals surface area contributed by atoms with Crippen molar-refractivity contribution >= 4 is 16.7 Å². The van der Waals surface area contributed by atoms with Gasteiger partial charge in [0.2, 0.25) is 0 Å². The van der Waals surface area contributed by atoms with Crippen LogP contribution in [-0.4, -0.2) is 43.2 Å². The molecule has 0 spiro atoms. The topological polar surface area (TPSA) is 41.6 Å². The van der Waals surface area contributed by atoms with Gasteiger partial charge in [-0.1, -0.05) is 12.1 Å². The number of ether oxygens (including phenoxy) is 1. The Kier molecular flexibility index (Phi) is 6.56. The Morgan fingerprint density at radius 1 is 1.12 bits per heavy atom. The molecule has 1 aliphatic rings. The minimum atomic E-state index is -4.40. The number of rotatable bonds is 7. The number of hydrogen-bond donors (Lipinski definition) is 1. The maximum absolute atomic E-state index is 12.8. The molecule has 1 amide bonds. The number of hydrogen-bond acceptors (Lipinski definition) is 3. The molecule has 33 heavy (non-hydrogen) atoms. The second-order valence-corrected chi connectivity index (χ2v) is 8.29. The third-order valence-electron chi connectivity index (χ3n) is 5.96. The summed E-state index contributed by atoms with van der Waals surface area (Å²) in [6.45, 7) is 3.56. The standard InChI is InChI=1S/C25H24F4N2O2/c1-16(19-14-31(15-19)12-11-26)30-24(32)18-5-10-22-17(13-18)3-2-4-23(22)33-21-8-6-20(7-9-21)25(27,28)29/h2-10,13,16,19H,11-12,14-15H2,1H3,(H,30,32)/t16-/m1/s1. The van der Waals surface area contributed by atoms with Gasteiger partial charge in [-0.2, -0.15) is 13.2 Å². The maximum Gasteiger partial charge on any atom is 0.416 e. The van der Waals surface area contributed by atoms with Gasteiger partial charge in [-0.15, -0.1) is 0 Å². The molecule has 4 nitrogen and oxygen atoms in total. The van der Waals surface area contributed by atoms with Gasteiger partial charge >= 0.3 is 6.18 Å². The molecule has 1 aliphatic heterocycles. The normalized spacial score (nSPS) is 15.8. The summed E-state index contributed by atoms with van der Waals surface area (Å²) in [5, 5.41) is 4.53. The van der Waals surface area contributed by atoms with E-state index in [2.05, 4.69) is 5.32 Å². The van der Waals surface area contributed by atoms with Gasteiger partial charge < -0.3 is 10.1 Å². The summed E-state index contributed by atoms with van der Waals surface area (Å²) in [5.74, 6) is 0.871. The highest BCUT2D eigenvalue weighted by Crippen LogP contribution is 2.34. The van der Waals surface area contributed by atoms with Gasteiger partial charge in [0.1, 0.15) is 18.2 Å². The predicted molar refractivity (Wildman–Crippen MR) is 118 cm³/mol. The molecule has 1 fully saturated rings. The monoisotopic (exact) mass is 460 g/mol. The van der Waals surface area contributed by atoms with Crippen LogP contribution in [0.15, 0.2) is 60.7 Å². The number of amides is 1. The van der Waals surface area contributed by atoms with Crippen molar-refractivity contribution in [3.8, 4) is 11.5 Å². The van der Waals surface area contributed by atoms with Crippen LogP contribution in [0.4, 0.5) is 17.6 Å². The van der Waals surface area contributed by atoms with E-state index in [0.717, 1.165) is 36.0 Å². The fourth-order valence-electron chi connectivity index (χ4n) is 3.96. The van der Waals surface area contributed by atoms with Crippen LogP contribution in [0, 0.1) is 5.92 Å². The average molecular weight is 460 g/mol. The maximum atomic E-state index is 12.8. The summed E-state index contributed by atoms with van der Waals surface area (Å²) in [4.78, 5) is 14.7. The number of nitrogens with one attached hydrogen (secondary N) is 1. The summed E-state index contributed by atoms with van der Waals surface area (Å²) in [7, 11) is 0. The van der Waals surface area contributed by atoms with E-state index in [1.54, 1.807) is 30.3 Å². The Bertz CT molecular complexity index is 1130. The van der Waals surface area contributed by atoms with Crippen molar-refractivity contribution in [2.45, 2.75) is 19.1 Å². The predicted octanol–water partition coefficient (Wildman–Crippen LogP) is 5.67. The van der Waals surface area contributed by atoms with Crippen LogP contribution in [0.25, 0.3) is 10.8 Å². The lowest BCUT2D eigenvalue weighted by Gasteiger charge is -2.42. The number of likely N-dealkylation sites (tertiary alicyclic amines) is 1. The first-order valence-electron chi connectivity index (χ1n) is 10.7. The van der Waals surface area contributed by atoms with E-state index in [1.165, 1.54) is 12.1 Å². The Morgan fingerprint density at radius 3 is 2.52 bits per heavy atom. The third kappa shape index (κ3) is 5.27. The van der Waals surface area contributed by atoms with Crippen LogP contribution in [0.3, 0.4) is 0 Å².